The Hall–Kier alpha value is 5.03. The number of carbonyl (C=O) groups is 3. The first-order chi connectivity index (χ1) is 7.78. The van der Waals surface area contributed by atoms with E-state index in [-0.39, 0.29) is 206 Å². The summed E-state index contributed by atoms with van der Waals surface area (Å²) in [4.78, 5) is 56.0. The Morgan fingerprint density at radius 3 is 1.32 bits per heavy atom. The second kappa shape index (κ2) is 20.8. The van der Waals surface area contributed by atoms with E-state index in [0.717, 1.165) is 0 Å². The third kappa shape index (κ3) is 32.7. The van der Waals surface area contributed by atoms with Gasteiger partial charge >= 0.3 is 217 Å². The van der Waals surface area contributed by atoms with E-state index in [1.165, 1.54) is 0 Å². The number of carboxylic acid groups (broad SMARTS) is 3. The topological polar surface area (TPSA) is 221 Å². The van der Waals surface area contributed by atoms with Gasteiger partial charge < -0.3 is 44.5 Å². The molecule has 0 spiro atoms. The smallest absolute Gasteiger partial charge is 0.822 e. The van der Waals surface area contributed by atoms with Gasteiger partial charge in [0.2, 0.25) is 0 Å². The number of carbonyl (C=O) groups excluding carboxylic acids is 1. The van der Waals surface area contributed by atoms with Gasteiger partial charge in [-0.05, 0) is 0 Å². The maximum atomic E-state index is 10.3. The first-order valence-electron chi connectivity index (χ1n) is 3.88. The average molecular weight is 442 g/mol. The molecule has 0 amide bonds. The summed E-state index contributed by atoms with van der Waals surface area (Å²) in [6.45, 7) is 0. The first-order valence-corrected chi connectivity index (χ1v) is 5.34. The van der Waals surface area contributed by atoms with E-state index in [2.05, 4.69) is 0 Å². The van der Waals surface area contributed by atoms with Gasteiger partial charge in [-0.15, -0.1) is 0 Å². The summed E-state index contributed by atoms with van der Waals surface area (Å²) in [5.41, 5.74) is -2.80. The quantitative estimate of drug-likeness (QED) is 0.268. The van der Waals surface area contributed by atoms with Crippen LogP contribution in [0.1, 0.15) is 12.8 Å². The molecule has 0 radical (unpaired) electrons. The van der Waals surface area contributed by atoms with E-state index >= 15 is 0 Å². The maximum absolute atomic E-state index is 10.3. The van der Waals surface area contributed by atoms with E-state index in [9.17, 15) is 19.5 Å². The minimum Gasteiger partial charge on any atom is -0.822 e. The van der Waals surface area contributed by atoms with Gasteiger partial charge in [-0.25, -0.2) is 4.79 Å². The van der Waals surface area contributed by atoms with Crippen LogP contribution in [0.15, 0.2) is 0 Å². The second-order valence-electron chi connectivity index (χ2n) is 2.90. The summed E-state index contributed by atoms with van der Waals surface area (Å²) >= 11 is 0. The van der Waals surface area contributed by atoms with E-state index < -0.39 is 44.2 Å². The molecule has 11 nitrogen and oxygen atoms in total. The van der Waals surface area contributed by atoms with Crippen molar-refractivity contribution in [2.75, 3.05) is 0 Å². The fraction of sp³-hybridized carbons (Fsp3) is 0.500. The largest absolute Gasteiger partial charge is 1.00 e. The SMILES string of the molecule is O=C([O-])CC(O)(CC(=O)O)C(=O)O.O=P([O-])([O-])[O-].[K+].[K+].[K+].[K+]. The first kappa shape index (κ1) is 41.4. The van der Waals surface area contributed by atoms with Gasteiger partial charge in [-0.2, -0.15) is 7.82 Å². The predicted molar refractivity (Wildman–Crippen MR) is 42.1 cm³/mol. The van der Waals surface area contributed by atoms with Gasteiger partial charge in [-0.3, -0.25) is 4.79 Å². The Morgan fingerprint density at radius 1 is 0.909 bits per heavy atom. The monoisotopic (exact) mass is 442 g/mol. The second-order valence-corrected chi connectivity index (χ2v) is 3.80. The van der Waals surface area contributed by atoms with Crippen LogP contribution in [0.5, 0.6) is 0 Å². The Bertz CT molecular complexity index is 359. The number of hydrogen-bond acceptors (Lipinski definition) is 9. The molecule has 0 aromatic carbocycles. The average Bonchev–Trinajstić information content (AvgIpc) is 1.95. The molecule has 16 heteroatoms. The minimum absolute atomic E-state index is 0. The molecule has 0 rings (SSSR count). The van der Waals surface area contributed by atoms with Crippen molar-refractivity contribution < 1.29 is 260 Å². The predicted octanol–water partition coefficient (Wildman–Crippen LogP) is -17.4. The van der Waals surface area contributed by atoms with E-state index in [1.54, 1.807) is 0 Å². The normalized spacial score (nSPS) is 11.3. The standard InChI is InChI=1S/C6H8O7.4K.H3O4P/c7-3(8)1-6(13,5(11)12)2-4(9)10;;;;;1-5(2,3)4/h13H,1-2H2,(H,7,8)(H,9,10)(H,11,12);;;;;(H3,1,2,3,4)/q;4*+1;/p-4. The van der Waals surface area contributed by atoms with Crippen molar-refractivity contribution in [1.82, 2.24) is 0 Å². The van der Waals surface area contributed by atoms with Crippen LogP contribution in [0.3, 0.4) is 0 Å². The van der Waals surface area contributed by atoms with Crippen molar-refractivity contribution in [2.45, 2.75) is 18.4 Å². The summed E-state index contributed by atoms with van der Waals surface area (Å²) in [5.74, 6) is -5.34. The van der Waals surface area contributed by atoms with Crippen molar-refractivity contribution in [3.8, 4) is 0 Å². The molecule has 1 unspecified atom stereocenters. The van der Waals surface area contributed by atoms with Crippen molar-refractivity contribution in [1.29, 1.82) is 0 Å². The summed E-state index contributed by atoms with van der Waals surface area (Å²) in [6.07, 6.45) is -2.44. The van der Waals surface area contributed by atoms with E-state index in [1.807, 2.05) is 0 Å². The van der Waals surface area contributed by atoms with Crippen LogP contribution < -0.4 is 225 Å². The number of phosphoric acid groups is 1. The molecule has 0 bridgehead atoms. The molecule has 0 fully saturated rings. The molecule has 0 aliphatic carbocycles. The molecule has 0 aliphatic heterocycles. The molecule has 3 N–H and O–H groups in total. The zero-order valence-corrected chi connectivity index (χ0v) is 25.9. The summed E-state index contributed by atoms with van der Waals surface area (Å²) < 4.78 is 8.55. The van der Waals surface area contributed by atoms with Gasteiger partial charge in [-0.1, -0.05) is 0 Å². The van der Waals surface area contributed by atoms with Gasteiger partial charge in [0.1, 0.15) is 0 Å². The van der Waals surface area contributed by atoms with Crippen LogP contribution in [-0.4, -0.2) is 38.8 Å². The molecule has 0 aliphatic rings. The third-order valence-corrected chi connectivity index (χ3v) is 1.28. The number of aliphatic carboxylic acids is 3. The van der Waals surface area contributed by atoms with Crippen molar-refractivity contribution >= 4 is 25.7 Å². The number of rotatable bonds is 5. The van der Waals surface area contributed by atoms with Crippen LogP contribution in [0.4, 0.5) is 0 Å². The van der Waals surface area contributed by atoms with Crippen LogP contribution in [-0.2, 0) is 18.9 Å². The Labute approximate surface area is 295 Å². The molecule has 22 heavy (non-hydrogen) atoms. The molecule has 0 aromatic rings. The molecule has 0 saturated carbocycles. The van der Waals surface area contributed by atoms with E-state index in [4.69, 9.17) is 34.6 Å². The summed E-state index contributed by atoms with van der Waals surface area (Å²) in [7, 11) is -5.39. The Kier molecular flexibility index (Phi) is 39.1. The zero-order valence-electron chi connectivity index (χ0n) is 12.5. The fourth-order valence-corrected chi connectivity index (χ4v) is 0.703. The van der Waals surface area contributed by atoms with Gasteiger partial charge in [0, 0.05) is 12.4 Å². The van der Waals surface area contributed by atoms with Gasteiger partial charge in [0.05, 0.1) is 6.42 Å². The fourth-order valence-electron chi connectivity index (χ4n) is 0.703. The molecular weight excluding hydrogens is 435 g/mol. The van der Waals surface area contributed by atoms with Crippen molar-refractivity contribution in [2.24, 2.45) is 0 Å². The van der Waals surface area contributed by atoms with Crippen LogP contribution in [0, 0.1) is 0 Å². The third-order valence-electron chi connectivity index (χ3n) is 1.28. The minimum atomic E-state index is -5.39. The van der Waals surface area contributed by atoms with Crippen LogP contribution in [0.2, 0.25) is 0 Å². The molecule has 1 atom stereocenters. The zero-order chi connectivity index (χ0) is 15.1. The van der Waals surface area contributed by atoms with Crippen LogP contribution in [0.25, 0.3) is 0 Å². The summed E-state index contributed by atoms with van der Waals surface area (Å²) in [6, 6.07) is 0. The number of carboxylic acids is 3. The van der Waals surface area contributed by atoms with Crippen molar-refractivity contribution in [3.05, 3.63) is 0 Å². The van der Waals surface area contributed by atoms with E-state index in [0.29, 0.717) is 0 Å². The summed E-state index contributed by atoms with van der Waals surface area (Å²) in [5, 5.41) is 35.5. The van der Waals surface area contributed by atoms with Gasteiger partial charge in [0.15, 0.2) is 5.60 Å². The molecule has 106 valence electrons. The molecule has 0 heterocycles. The maximum Gasteiger partial charge on any atom is 1.00 e. The Balaban J connectivity index is -0.0000000627. The number of aliphatic hydroxyl groups is 1. The molecule has 0 aromatic heterocycles. The molecule has 0 saturated heterocycles. The molecular formula is C6H7K4O11P. The Morgan fingerprint density at radius 2 is 1.18 bits per heavy atom. The van der Waals surface area contributed by atoms with Gasteiger partial charge in [0.25, 0.3) is 0 Å². The van der Waals surface area contributed by atoms with Crippen LogP contribution >= 0.6 is 7.82 Å². The number of hydrogen-bond donors (Lipinski definition) is 3. The van der Waals surface area contributed by atoms with Crippen molar-refractivity contribution in [3.63, 3.8) is 0 Å².